The van der Waals surface area contributed by atoms with E-state index in [4.69, 9.17) is 4.74 Å². The van der Waals surface area contributed by atoms with Crippen LogP contribution in [0.15, 0.2) is 22.7 Å². The summed E-state index contributed by atoms with van der Waals surface area (Å²) in [5.41, 5.74) is 0.789. The molecule has 0 spiro atoms. The lowest BCUT2D eigenvalue weighted by atomic mass is 10.2. The summed E-state index contributed by atoms with van der Waals surface area (Å²) in [6.07, 6.45) is 1.03. The Kier molecular flexibility index (Phi) is 4.21. The molecule has 0 saturated heterocycles. The molecule has 72 valence electrons. The summed E-state index contributed by atoms with van der Waals surface area (Å²) in [5.74, 6) is 6.30. The lowest BCUT2D eigenvalue weighted by Crippen LogP contribution is -1.87. The summed E-state index contributed by atoms with van der Waals surface area (Å²) >= 11 is 3.33. The Morgan fingerprint density at radius 1 is 1.57 bits per heavy atom. The third-order valence-electron chi connectivity index (χ3n) is 1.57. The minimum atomic E-state index is 0.249. The molecule has 0 atom stereocenters. The van der Waals surface area contributed by atoms with Gasteiger partial charge >= 0.3 is 0 Å². The molecule has 0 bridgehead atoms. The zero-order valence-electron chi connectivity index (χ0n) is 7.71. The maximum absolute atomic E-state index is 10.1. The van der Waals surface area contributed by atoms with E-state index >= 15 is 0 Å². The number of carbonyl (C=O) groups is 1. The molecule has 1 aromatic rings. The molecule has 0 aliphatic rings. The molecule has 0 saturated carbocycles. The Bertz CT molecular complexity index is 388. The average molecular weight is 253 g/mol. The van der Waals surface area contributed by atoms with Crippen molar-refractivity contribution in [2.24, 2.45) is 0 Å². The second kappa shape index (κ2) is 5.46. The number of rotatable bonds is 2. The van der Waals surface area contributed by atoms with Gasteiger partial charge in [-0.15, -0.1) is 0 Å². The van der Waals surface area contributed by atoms with Crippen LogP contribution < -0.4 is 4.74 Å². The lowest BCUT2D eigenvalue weighted by molar-refractivity contribution is -0.107. The first-order valence-corrected chi connectivity index (χ1v) is 4.83. The van der Waals surface area contributed by atoms with Gasteiger partial charge in [0.05, 0.1) is 19.1 Å². The van der Waals surface area contributed by atoms with Crippen LogP contribution in [-0.2, 0) is 4.79 Å². The molecule has 0 aliphatic carbocycles. The fourth-order valence-corrected chi connectivity index (χ4v) is 1.30. The quantitative estimate of drug-likeness (QED) is 0.597. The molecule has 0 aliphatic heterocycles. The largest absolute Gasteiger partial charge is 0.495 e. The first kappa shape index (κ1) is 10.8. The zero-order valence-corrected chi connectivity index (χ0v) is 9.30. The number of benzene rings is 1. The summed E-state index contributed by atoms with van der Waals surface area (Å²) in [6.45, 7) is 0. The van der Waals surface area contributed by atoms with Gasteiger partial charge in [-0.1, -0.05) is 27.8 Å². The lowest BCUT2D eigenvalue weighted by Gasteiger charge is -2.02. The second-order valence-corrected chi connectivity index (χ2v) is 3.43. The van der Waals surface area contributed by atoms with Crippen LogP contribution in [0.25, 0.3) is 0 Å². The molecular formula is C11H9BrO2. The van der Waals surface area contributed by atoms with Gasteiger partial charge in [0, 0.05) is 4.47 Å². The molecule has 14 heavy (non-hydrogen) atoms. The summed E-state index contributed by atoms with van der Waals surface area (Å²) in [6, 6.07) is 5.57. The highest BCUT2D eigenvalue weighted by Crippen LogP contribution is 2.22. The van der Waals surface area contributed by atoms with Crippen LogP contribution in [0.4, 0.5) is 0 Å². The van der Waals surface area contributed by atoms with Crippen LogP contribution in [0.1, 0.15) is 12.0 Å². The fraction of sp³-hybridized carbons (Fsp3) is 0.182. The standard InChI is InChI=1S/C11H9BrO2/c1-14-11-8-10(12)6-5-9(11)4-2-3-7-13/h5-8H,3H2,1H3. The predicted octanol–water partition coefficient (Wildman–Crippen LogP) is 2.40. The number of hydrogen-bond donors (Lipinski definition) is 0. The minimum absolute atomic E-state index is 0.249. The Morgan fingerprint density at radius 3 is 3.00 bits per heavy atom. The SMILES string of the molecule is COc1cc(Br)ccc1C#CCC=O. The van der Waals surface area contributed by atoms with Crippen LogP contribution in [0.2, 0.25) is 0 Å². The molecule has 0 N–H and O–H groups in total. The molecule has 2 nitrogen and oxygen atoms in total. The van der Waals surface area contributed by atoms with Crippen LogP contribution in [0, 0.1) is 11.8 Å². The Labute approximate surface area is 91.4 Å². The minimum Gasteiger partial charge on any atom is -0.495 e. The van der Waals surface area contributed by atoms with Gasteiger partial charge in [0.15, 0.2) is 0 Å². The van der Waals surface area contributed by atoms with Gasteiger partial charge in [-0.05, 0) is 18.2 Å². The number of aldehydes is 1. The van der Waals surface area contributed by atoms with Gasteiger partial charge in [-0.3, -0.25) is 0 Å². The molecule has 1 aromatic carbocycles. The van der Waals surface area contributed by atoms with E-state index in [-0.39, 0.29) is 6.42 Å². The van der Waals surface area contributed by atoms with Gasteiger partial charge < -0.3 is 9.53 Å². The molecule has 0 radical (unpaired) electrons. The third-order valence-corrected chi connectivity index (χ3v) is 2.07. The topological polar surface area (TPSA) is 26.3 Å². The number of halogens is 1. The number of carbonyl (C=O) groups excluding carboxylic acids is 1. The maximum Gasteiger partial charge on any atom is 0.135 e. The molecule has 0 aromatic heterocycles. The van der Waals surface area contributed by atoms with Gasteiger partial charge in [-0.2, -0.15) is 0 Å². The van der Waals surface area contributed by atoms with E-state index in [0.717, 1.165) is 16.3 Å². The monoisotopic (exact) mass is 252 g/mol. The van der Waals surface area contributed by atoms with Crippen molar-refractivity contribution in [3.05, 3.63) is 28.2 Å². The summed E-state index contributed by atoms with van der Waals surface area (Å²) in [7, 11) is 1.59. The molecule has 0 heterocycles. The number of ether oxygens (including phenoxy) is 1. The van der Waals surface area contributed by atoms with Crippen molar-refractivity contribution < 1.29 is 9.53 Å². The number of methoxy groups -OCH3 is 1. The van der Waals surface area contributed by atoms with E-state index in [2.05, 4.69) is 27.8 Å². The van der Waals surface area contributed by atoms with Crippen molar-refractivity contribution in [1.29, 1.82) is 0 Å². The Balaban J connectivity index is 2.97. The molecule has 1 rings (SSSR count). The van der Waals surface area contributed by atoms with E-state index in [1.807, 2.05) is 18.2 Å². The highest BCUT2D eigenvalue weighted by Gasteiger charge is 1.99. The van der Waals surface area contributed by atoms with Crippen molar-refractivity contribution in [3.63, 3.8) is 0 Å². The summed E-state index contributed by atoms with van der Waals surface area (Å²) in [5, 5.41) is 0. The van der Waals surface area contributed by atoms with Crippen molar-refractivity contribution in [2.45, 2.75) is 6.42 Å². The van der Waals surface area contributed by atoms with Gasteiger partial charge in [0.25, 0.3) is 0 Å². The average Bonchev–Trinajstić information content (AvgIpc) is 2.20. The van der Waals surface area contributed by atoms with Crippen LogP contribution >= 0.6 is 15.9 Å². The van der Waals surface area contributed by atoms with Gasteiger partial charge in [-0.25, -0.2) is 0 Å². The third kappa shape index (κ3) is 2.90. The molecule has 0 fully saturated rings. The highest BCUT2D eigenvalue weighted by atomic mass is 79.9. The molecule has 3 heteroatoms. The smallest absolute Gasteiger partial charge is 0.135 e. The Hall–Kier alpha value is -1.27. The predicted molar refractivity (Wildman–Crippen MR) is 58.3 cm³/mol. The van der Waals surface area contributed by atoms with E-state index in [9.17, 15) is 4.79 Å². The van der Waals surface area contributed by atoms with Crippen LogP contribution in [0.3, 0.4) is 0 Å². The van der Waals surface area contributed by atoms with Crippen molar-refractivity contribution in [1.82, 2.24) is 0 Å². The fourth-order valence-electron chi connectivity index (χ4n) is 0.956. The molecular weight excluding hydrogens is 244 g/mol. The normalized spacial score (nSPS) is 8.71. The van der Waals surface area contributed by atoms with E-state index in [1.165, 1.54) is 0 Å². The highest BCUT2D eigenvalue weighted by molar-refractivity contribution is 9.10. The van der Waals surface area contributed by atoms with Crippen molar-refractivity contribution >= 4 is 22.2 Å². The second-order valence-electron chi connectivity index (χ2n) is 2.52. The Morgan fingerprint density at radius 2 is 2.36 bits per heavy atom. The number of hydrogen-bond acceptors (Lipinski definition) is 2. The zero-order chi connectivity index (χ0) is 10.4. The van der Waals surface area contributed by atoms with Crippen LogP contribution in [-0.4, -0.2) is 13.4 Å². The van der Waals surface area contributed by atoms with Gasteiger partial charge in [0.2, 0.25) is 0 Å². The van der Waals surface area contributed by atoms with Gasteiger partial charge in [0.1, 0.15) is 12.0 Å². The van der Waals surface area contributed by atoms with E-state index < -0.39 is 0 Å². The van der Waals surface area contributed by atoms with Crippen molar-refractivity contribution in [3.8, 4) is 17.6 Å². The summed E-state index contributed by atoms with van der Waals surface area (Å²) < 4.78 is 6.08. The van der Waals surface area contributed by atoms with Crippen LogP contribution in [0.5, 0.6) is 5.75 Å². The first-order chi connectivity index (χ1) is 6.77. The van der Waals surface area contributed by atoms with E-state index in [1.54, 1.807) is 7.11 Å². The van der Waals surface area contributed by atoms with Crippen molar-refractivity contribution in [2.75, 3.05) is 7.11 Å². The first-order valence-electron chi connectivity index (χ1n) is 4.04. The summed E-state index contributed by atoms with van der Waals surface area (Å²) in [4.78, 5) is 10.1. The molecule has 0 amide bonds. The molecule has 0 unspecified atom stereocenters. The maximum atomic E-state index is 10.1. The van der Waals surface area contributed by atoms with E-state index in [0.29, 0.717) is 5.75 Å².